The molecule has 46 heavy (non-hydrogen) atoms. The molecule has 0 aliphatic carbocycles. The molecule has 0 N–H and O–H groups in total. The van der Waals surface area contributed by atoms with E-state index in [2.05, 4.69) is 179 Å². The van der Waals surface area contributed by atoms with Crippen LogP contribution >= 0.6 is 0 Å². The second-order valence-corrected chi connectivity index (χ2v) is 12.5. The van der Waals surface area contributed by atoms with Crippen molar-refractivity contribution < 1.29 is 0 Å². The Kier molecular flexibility index (Phi) is 8.12. The van der Waals surface area contributed by atoms with Gasteiger partial charge in [0.15, 0.2) is 0 Å². The van der Waals surface area contributed by atoms with Crippen molar-refractivity contribution in [3.8, 4) is 22.3 Å². The van der Waals surface area contributed by atoms with Crippen LogP contribution in [0, 0.1) is 13.8 Å². The summed E-state index contributed by atoms with van der Waals surface area (Å²) in [5, 5.41) is 10.6. The fourth-order valence-corrected chi connectivity index (χ4v) is 7.10. The minimum Gasteiger partial charge on any atom is -0.0648 e. The summed E-state index contributed by atoms with van der Waals surface area (Å²) in [4.78, 5) is 0. The topological polar surface area (TPSA) is 0 Å². The van der Waals surface area contributed by atoms with E-state index >= 15 is 0 Å². The Balaban J connectivity index is 0.000000152. The normalized spacial score (nSPS) is 11.9. The maximum atomic E-state index is 2.31. The molecule has 1 atom stereocenters. The highest BCUT2D eigenvalue weighted by Gasteiger charge is 2.16. The van der Waals surface area contributed by atoms with Gasteiger partial charge in [-0.1, -0.05) is 159 Å². The molecule has 0 aliphatic rings. The average Bonchev–Trinajstić information content (AvgIpc) is 3.12. The van der Waals surface area contributed by atoms with Crippen LogP contribution < -0.4 is 0 Å². The summed E-state index contributed by atoms with van der Waals surface area (Å²) >= 11 is 0. The van der Waals surface area contributed by atoms with Gasteiger partial charge in [-0.25, -0.2) is 0 Å². The van der Waals surface area contributed by atoms with Crippen molar-refractivity contribution in [2.24, 2.45) is 0 Å². The van der Waals surface area contributed by atoms with Crippen LogP contribution in [0.25, 0.3) is 65.3 Å². The van der Waals surface area contributed by atoms with E-state index in [9.17, 15) is 0 Å². The van der Waals surface area contributed by atoms with Gasteiger partial charge in [0.2, 0.25) is 0 Å². The van der Waals surface area contributed by atoms with Crippen molar-refractivity contribution in [3.63, 3.8) is 0 Å². The Labute approximate surface area is 273 Å². The molecule has 0 heteroatoms. The average molecular weight is 593 g/mol. The second kappa shape index (κ2) is 12.7. The Morgan fingerprint density at radius 1 is 0.478 bits per heavy atom. The predicted octanol–water partition coefficient (Wildman–Crippen LogP) is 13.5. The van der Waals surface area contributed by atoms with E-state index in [0.717, 1.165) is 0 Å². The zero-order valence-electron chi connectivity index (χ0n) is 27.2. The van der Waals surface area contributed by atoms with Crippen molar-refractivity contribution in [1.29, 1.82) is 0 Å². The third-order valence-corrected chi connectivity index (χ3v) is 9.75. The van der Waals surface area contributed by atoms with E-state index in [1.165, 1.54) is 88.5 Å². The fraction of sp³-hybridized carbons (Fsp3) is 0.130. The van der Waals surface area contributed by atoms with E-state index in [-0.39, 0.29) is 0 Å². The molecule has 0 spiro atoms. The van der Waals surface area contributed by atoms with Crippen LogP contribution in [0.5, 0.6) is 0 Å². The first-order chi connectivity index (χ1) is 22.5. The maximum absolute atomic E-state index is 2.31. The predicted molar refractivity (Wildman–Crippen MR) is 202 cm³/mol. The molecular formula is C46H40. The number of benzene rings is 8. The van der Waals surface area contributed by atoms with Crippen LogP contribution in [0.4, 0.5) is 0 Å². The number of rotatable bonds is 4. The van der Waals surface area contributed by atoms with Crippen molar-refractivity contribution in [2.45, 2.75) is 40.0 Å². The van der Waals surface area contributed by atoms with Crippen molar-refractivity contribution >= 4 is 43.1 Å². The number of aryl methyl sites for hydroxylation is 2. The van der Waals surface area contributed by atoms with Crippen LogP contribution in [0.1, 0.15) is 42.9 Å². The number of hydrogen-bond donors (Lipinski definition) is 0. The highest BCUT2D eigenvalue weighted by atomic mass is 14.2. The smallest absolute Gasteiger partial charge is 0.00204 e. The molecule has 0 saturated heterocycles. The van der Waals surface area contributed by atoms with Crippen LogP contribution in [0.15, 0.2) is 152 Å². The highest BCUT2D eigenvalue weighted by molar-refractivity contribution is 6.25. The van der Waals surface area contributed by atoms with Crippen LogP contribution in [0.2, 0.25) is 0 Å². The molecule has 0 fully saturated rings. The van der Waals surface area contributed by atoms with Crippen LogP contribution in [-0.2, 0) is 0 Å². The molecule has 224 valence electrons. The summed E-state index contributed by atoms with van der Waals surface area (Å²) in [5.74, 6) is 0.595. The van der Waals surface area contributed by atoms with Gasteiger partial charge in [0, 0.05) is 0 Å². The van der Waals surface area contributed by atoms with Crippen molar-refractivity contribution in [3.05, 3.63) is 168 Å². The van der Waals surface area contributed by atoms with Crippen LogP contribution in [0.3, 0.4) is 0 Å². The minimum absolute atomic E-state index is 0.595. The molecule has 0 saturated carbocycles. The largest absolute Gasteiger partial charge is 0.0648 e. The standard InChI is InChI=1S/C26H20.C20H20/c1-17-9-3-5-11-20(17)25-18(2)21-12-7-8-14-23(21)26-22-13-6-4-10-19(22)15-16-24(25)26;1-3-15(2)19-10-6-7-11-20(19)18-13-12-16-8-4-5-9-17(16)14-18/h3-16H,1-2H3;4-15H,3H2,1-2H3. The van der Waals surface area contributed by atoms with E-state index in [1.54, 1.807) is 0 Å². The zero-order chi connectivity index (χ0) is 31.6. The number of hydrogen-bond acceptors (Lipinski definition) is 0. The zero-order valence-corrected chi connectivity index (χ0v) is 27.2. The molecule has 8 aromatic carbocycles. The molecular weight excluding hydrogens is 553 g/mol. The van der Waals surface area contributed by atoms with Crippen molar-refractivity contribution in [2.75, 3.05) is 0 Å². The summed E-state index contributed by atoms with van der Waals surface area (Å²) in [5.41, 5.74) is 9.51. The maximum Gasteiger partial charge on any atom is -0.00204 e. The van der Waals surface area contributed by atoms with Gasteiger partial charge in [-0.05, 0) is 114 Å². The Morgan fingerprint density at radius 2 is 1.07 bits per heavy atom. The van der Waals surface area contributed by atoms with Gasteiger partial charge < -0.3 is 0 Å². The van der Waals surface area contributed by atoms with Gasteiger partial charge >= 0.3 is 0 Å². The Hall–Kier alpha value is -5.20. The molecule has 0 aromatic heterocycles. The molecule has 8 rings (SSSR count). The molecule has 1 unspecified atom stereocenters. The Bertz CT molecular complexity index is 2340. The summed E-state index contributed by atoms with van der Waals surface area (Å²) in [6.45, 7) is 9.03. The molecule has 0 aliphatic heterocycles. The molecule has 8 aromatic rings. The SMILES string of the molecule is CCC(C)c1ccccc1-c1ccc2ccccc2c1.Cc1ccccc1-c1c(C)c2ccccc2c2c1ccc1ccccc12. The van der Waals surface area contributed by atoms with Gasteiger partial charge in [0.1, 0.15) is 0 Å². The first kappa shape index (κ1) is 29.5. The van der Waals surface area contributed by atoms with Gasteiger partial charge in [0.05, 0.1) is 0 Å². The van der Waals surface area contributed by atoms with Gasteiger partial charge in [-0.2, -0.15) is 0 Å². The lowest BCUT2D eigenvalue weighted by molar-refractivity contribution is 0.735. The van der Waals surface area contributed by atoms with E-state index < -0.39 is 0 Å². The summed E-state index contributed by atoms with van der Waals surface area (Å²) < 4.78 is 0. The lowest BCUT2D eigenvalue weighted by Gasteiger charge is -2.18. The summed E-state index contributed by atoms with van der Waals surface area (Å²) in [7, 11) is 0. The first-order valence-electron chi connectivity index (χ1n) is 16.5. The third kappa shape index (κ3) is 5.35. The fourth-order valence-electron chi connectivity index (χ4n) is 7.10. The number of fused-ring (bicyclic) bond motifs is 6. The lowest BCUT2D eigenvalue weighted by Crippen LogP contribution is -1.94. The summed E-state index contributed by atoms with van der Waals surface area (Å²) in [6.07, 6.45) is 1.17. The highest BCUT2D eigenvalue weighted by Crippen LogP contribution is 2.42. The first-order valence-corrected chi connectivity index (χ1v) is 16.5. The minimum atomic E-state index is 0.595. The molecule has 0 radical (unpaired) electrons. The Morgan fingerprint density at radius 3 is 1.83 bits per heavy atom. The van der Waals surface area contributed by atoms with Crippen LogP contribution in [-0.4, -0.2) is 0 Å². The molecule has 0 bridgehead atoms. The van der Waals surface area contributed by atoms with E-state index in [1.807, 2.05) is 0 Å². The van der Waals surface area contributed by atoms with E-state index in [0.29, 0.717) is 5.92 Å². The molecule has 0 heterocycles. The monoisotopic (exact) mass is 592 g/mol. The van der Waals surface area contributed by atoms with Crippen molar-refractivity contribution in [1.82, 2.24) is 0 Å². The van der Waals surface area contributed by atoms with Gasteiger partial charge in [-0.15, -0.1) is 0 Å². The van der Waals surface area contributed by atoms with Gasteiger partial charge in [0.25, 0.3) is 0 Å². The third-order valence-electron chi connectivity index (χ3n) is 9.75. The molecule has 0 amide bonds. The van der Waals surface area contributed by atoms with E-state index in [4.69, 9.17) is 0 Å². The molecule has 0 nitrogen and oxygen atoms in total. The summed E-state index contributed by atoms with van der Waals surface area (Å²) in [6, 6.07) is 54.9. The quantitative estimate of drug-likeness (QED) is 0.178. The lowest BCUT2D eigenvalue weighted by atomic mass is 9.85. The second-order valence-electron chi connectivity index (χ2n) is 12.5. The van der Waals surface area contributed by atoms with Gasteiger partial charge in [-0.3, -0.25) is 0 Å².